The van der Waals surface area contributed by atoms with Crippen molar-refractivity contribution in [3.8, 4) is 0 Å². The van der Waals surface area contributed by atoms with Gasteiger partial charge < -0.3 is 58.3 Å². The standard InChI is InChI=1S/C29H66N6O7Si/c1-9-20-40-27-29(24-32-12-11-30-13-16-33(2)3)42-22-15-31-14-17-35(19-18-34(4)5)25-28(36)26-41-21-10-23-43(37-6,38-7)39-8/h9,28-32,36H,1,10-27H2,2-8H3. The van der Waals surface area contributed by atoms with Crippen molar-refractivity contribution in [3.63, 3.8) is 0 Å². The Labute approximate surface area is 263 Å². The van der Waals surface area contributed by atoms with Gasteiger partial charge in [0, 0.05) is 106 Å². The number of aliphatic hydroxyl groups excluding tert-OH is 1. The van der Waals surface area contributed by atoms with Gasteiger partial charge in [0.1, 0.15) is 0 Å². The van der Waals surface area contributed by atoms with Crippen LogP contribution in [0.2, 0.25) is 6.04 Å². The molecule has 43 heavy (non-hydrogen) atoms. The third kappa shape index (κ3) is 25.3. The number of rotatable bonds is 33. The molecule has 0 fully saturated rings. The number of hydrogen-bond donors (Lipinski definition) is 4. The van der Waals surface area contributed by atoms with Crippen LogP contribution in [0.15, 0.2) is 12.7 Å². The highest BCUT2D eigenvalue weighted by Crippen LogP contribution is 2.14. The van der Waals surface area contributed by atoms with Crippen molar-refractivity contribution < 1.29 is 32.6 Å². The van der Waals surface area contributed by atoms with Gasteiger partial charge in [0.25, 0.3) is 0 Å². The van der Waals surface area contributed by atoms with Gasteiger partial charge in [-0.3, -0.25) is 4.90 Å². The van der Waals surface area contributed by atoms with Crippen molar-refractivity contribution in [2.24, 2.45) is 0 Å². The summed E-state index contributed by atoms with van der Waals surface area (Å²) >= 11 is 0. The first-order chi connectivity index (χ1) is 20.7. The van der Waals surface area contributed by atoms with E-state index in [1.165, 1.54) is 0 Å². The zero-order valence-electron chi connectivity index (χ0n) is 28.4. The maximum absolute atomic E-state index is 10.6. The minimum Gasteiger partial charge on any atom is -0.389 e. The van der Waals surface area contributed by atoms with Crippen LogP contribution in [0.5, 0.6) is 0 Å². The number of ether oxygens (including phenoxy) is 3. The Balaban J connectivity index is 4.33. The maximum atomic E-state index is 10.6. The second-order valence-electron chi connectivity index (χ2n) is 11.1. The SMILES string of the molecule is C=CCOCC(CNCCNCCN(C)C)OCCNCCN(CCN(C)C)CC(O)COCCC[Si](OC)(OC)OC. The molecule has 0 aliphatic rings. The zero-order valence-corrected chi connectivity index (χ0v) is 29.4. The van der Waals surface area contributed by atoms with E-state index in [4.69, 9.17) is 27.5 Å². The van der Waals surface area contributed by atoms with E-state index in [1.807, 2.05) is 0 Å². The van der Waals surface area contributed by atoms with E-state index in [1.54, 1.807) is 27.4 Å². The minimum absolute atomic E-state index is 0.0208. The lowest BCUT2D eigenvalue weighted by Gasteiger charge is -2.27. The molecule has 0 saturated carbocycles. The van der Waals surface area contributed by atoms with Crippen molar-refractivity contribution in [2.75, 3.05) is 155 Å². The summed E-state index contributed by atoms with van der Waals surface area (Å²) in [6.07, 6.45) is 1.92. The summed E-state index contributed by atoms with van der Waals surface area (Å²) < 4.78 is 33.8. The van der Waals surface area contributed by atoms with Gasteiger partial charge in [-0.15, -0.1) is 6.58 Å². The van der Waals surface area contributed by atoms with Gasteiger partial charge in [0.15, 0.2) is 0 Å². The molecule has 0 amide bonds. The van der Waals surface area contributed by atoms with Crippen LogP contribution in [0.4, 0.5) is 0 Å². The summed E-state index contributed by atoms with van der Waals surface area (Å²) in [6, 6.07) is 0.671. The number of aliphatic hydroxyl groups is 1. The molecule has 0 bridgehead atoms. The van der Waals surface area contributed by atoms with Gasteiger partial charge in [-0.2, -0.15) is 0 Å². The van der Waals surface area contributed by atoms with E-state index in [0.29, 0.717) is 39.0 Å². The number of likely N-dealkylation sites (N-methyl/N-ethyl adjacent to an activating group) is 2. The van der Waals surface area contributed by atoms with Crippen molar-refractivity contribution in [3.05, 3.63) is 12.7 Å². The fourth-order valence-corrected chi connectivity index (χ4v) is 5.82. The van der Waals surface area contributed by atoms with Crippen LogP contribution in [-0.4, -0.2) is 195 Å². The van der Waals surface area contributed by atoms with Crippen LogP contribution in [-0.2, 0) is 27.5 Å². The third-order valence-electron chi connectivity index (χ3n) is 6.71. The van der Waals surface area contributed by atoms with Crippen LogP contribution in [0.1, 0.15) is 6.42 Å². The monoisotopic (exact) mass is 638 g/mol. The predicted octanol–water partition coefficient (Wildman–Crippen LogP) is -0.586. The van der Waals surface area contributed by atoms with Crippen molar-refractivity contribution in [1.82, 2.24) is 30.7 Å². The maximum Gasteiger partial charge on any atom is 0.500 e. The molecule has 0 radical (unpaired) electrons. The summed E-state index contributed by atoms with van der Waals surface area (Å²) in [5.41, 5.74) is 0. The quantitative estimate of drug-likeness (QED) is 0.0417. The lowest BCUT2D eigenvalue weighted by Crippen LogP contribution is -2.43. The van der Waals surface area contributed by atoms with Crippen LogP contribution < -0.4 is 16.0 Å². The summed E-state index contributed by atoms with van der Waals surface area (Å²) in [6.45, 7) is 15.4. The molecule has 0 spiro atoms. The molecule has 0 aromatic carbocycles. The summed E-state index contributed by atoms with van der Waals surface area (Å²) in [4.78, 5) is 6.58. The van der Waals surface area contributed by atoms with Gasteiger partial charge in [-0.05, 0) is 34.6 Å². The topological polar surface area (TPSA) is 121 Å². The van der Waals surface area contributed by atoms with Crippen molar-refractivity contribution >= 4 is 8.80 Å². The van der Waals surface area contributed by atoms with E-state index in [9.17, 15) is 5.11 Å². The molecule has 14 heteroatoms. The van der Waals surface area contributed by atoms with E-state index in [0.717, 1.165) is 71.9 Å². The Bertz CT molecular complexity index is 616. The molecule has 13 nitrogen and oxygen atoms in total. The van der Waals surface area contributed by atoms with Crippen molar-refractivity contribution in [2.45, 2.75) is 24.7 Å². The van der Waals surface area contributed by atoms with E-state index in [2.05, 4.69) is 65.4 Å². The molecule has 0 saturated heterocycles. The first kappa shape index (κ1) is 42.4. The smallest absolute Gasteiger partial charge is 0.389 e. The van der Waals surface area contributed by atoms with Gasteiger partial charge in [0.2, 0.25) is 0 Å². The second-order valence-corrected chi connectivity index (χ2v) is 14.1. The van der Waals surface area contributed by atoms with E-state index in [-0.39, 0.29) is 12.7 Å². The van der Waals surface area contributed by atoms with Crippen LogP contribution >= 0.6 is 0 Å². The summed E-state index contributed by atoms with van der Waals surface area (Å²) in [7, 11) is 10.5. The molecule has 2 unspecified atom stereocenters. The molecule has 0 aliphatic heterocycles. The molecule has 0 heterocycles. The van der Waals surface area contributed by atoms with E-state index >= 15 is 0 Å². The minimum atomic E-state index is -2.58. The van der Waals surface area contributed by atoms with E-state index < -0.39 is 14.9 Å². The zero-order chi connectivity index (χ0) is 32.2. The molecule has 258 valence electrons. The predicted molar refractivity (Wildman–Crippen MR) is 176 cm³/mol. The van der Waals surface area contributed by atoms with Crippen molar-refractivity contribution in [1.29, 1.82) is 0 Å². The number of nitrogens with one attached hydrogen (secondary N) is 3. The van der Waals surface area contributed by atoms with Gasteiger partial charge in [0.05, 0.1) is 38.6 Å². The Hall–Kier alpha value is -0.563. The normalized spacial score (nSPS) is 13.8. The Morgan fingerprint density at radius 3 is 2.07 bits per heavy atom. The fourth-order valence-electron chi connectivity index (χ4n) is 4.13. The highest BCUT2D eigenvalue weighted by atomic mass is 28.4. The van der Waals surface area contributed by atoms with Crippen LogP contribution in [0, 0.1) is 0 Å². The van der Waals surface area contributed by atoms with Gasteiger partial charge >= 0.3 is 8.80 Å². The molecule has 0 aromatic rings. The lowest BCUT2D eigenvalue weighted by atomic mass is 10.3. The summed E-state index contributed by atoms with van der Waals surface area (Å²) in [5, 5.41) is 21.0. The van der Waals surface area contributed by atoms with Gasteiger partial charge in [-0.1, -0.05) is 6.08 Å². The van der Waals surface area contributed by atoms with Gasteiger partial charge in [-0.25, -0.2) is 0 Å². The molecule has 0 rings (SSSR count). The highest BCUT2D eigenvalue weighted by Gasteiger charge is 2.36. The Kier molecular flexibility index (Phi) is 28.5. The van der Waals surface area contributed by atoms with Crippen LogP contribution in [0.3, 0.4) is 0 Å². The average molecular weight is 639 g/mol. The Morgan fingerprint density at radius 1 is 0.767 bits per heavy atom. The Morgan fingerprint density at radius 2 is 1.42 bits per heavy atom. The van der Waals surface area contributed by atoms with Crippen LogP contribution in [0.25, 0.3) is 0 Å². The molecular formula is C29H66N6O7Si. The molecule has 0 aromatic heterocycles. The highest BCUT2D eigenvalue weighted by molar-refractivity contribution is 6.60. The molecule has 2 atom stereocenters. The molecular weight excluding hydrogens is 572 g/mol. The number of nitrogens with zero attached hydrogens (tertiary/aromatic N) is 3. The number of hydrogen-bond acceptors (Lipinski definition) is 13. The molecule has 0 aliphatic carbocycles. The fraction of sp³-hybridized carbons (Fsp3) is 0.931. The average Bonchev–Trinajstić information content (AvgIpc) is 2.98. The second kappa shape index (κ2) is 28.9. The summed E-state index contributed by atoms with van der Waals surface area (Å²) in [5.74, 6) is 0. The lowest BCUT2D eigenvalue weighted by molar-refractivity contribution is -0.00772. The first-order valence-electron chi connectivity index (χ1n) is 15.6. The third-order valence-corrected chi connectivity index (χ3v) is 9.54. The first-order valence-corrected chi connectivity index (χ1v) is 17.5. The molecule has 4 N–H and O–H groups in total. The largest absolute Gasteiger partial charge is 0.500 e.